The summed E-state index contributed by atoms with van der Waals surface area (Å²) in [7, 11) is -1.09. The highest BCUT2D eigenvalue weighted by Crippen LogP contribution is 2.11. The van der Waals surface area contributed by atoms with E-state index in [0.29, 0.717) is 12.1 Å². The third kappa shape index (κ3) is 2.50. The van der Waals surface area contributed by atoms with Crippen LogP contribution >= 0.6 is 0 Å². The van der Waals surface area contributed by atoms with Crippen LogP contribution in [0.15, 0.2) is 18.2 Å². The maximum Gasteiger partial charge on any atom is 0.208 e. The summed E-state index contributed by atoms with van der Waals surface area (Å²) in [6.45, 7) is 0. The van der Waals surface area contributed by atoms with Crippen molar-refractivity contribution in [3.8, 4) is 0 Å². The Bertz CT molecular complexity index is 635. The number of benzene rings is 2. The van der Waals surface area contributed by atoms with Gasteiger partial charge in [0.05, 0.1) is 0 Å². The molecule has 0 unspecified atom stereocenters. The van der Waals surface area contributed by atoms with E-state index >= 15 is 0 Å². The van der Waals surface area contributed by atoms with Crippen molar-refractivity contribution >= 4 is 18.2 Å². The van der Waals surface area contributed by atoms with Crippen molar-refractivity contribution in [3.05, 3.63) is 58.9 Å². The van der Waals surface area contributed by atoms with Crippen LogP contribution in [-0.4, -0.2) is 7.28 Å². The zero-order chi connectivity index (χ0) is 15.0. The van der Waals surface area contributed by atoms with Gasteiger partial charge in [-0.2, -0.15) is 0 Å². The molecule has 0 saturated heterocycles. The van der Waals surface area contributed by atoms with Crippen molar-refractivity contribution in [3.63, 3.8) is 0 Å². The summed E-state index contributed by atoms with van der Waals surface area (Å²) < 4.78 is 92.0. The van der Waals surface area contributed by atoms with E-state index in [9.17, 15) is 30.7 Å². The summed E-state index contributed by atoms with van der Waals surface area (Å²) in [5.41, 5.74) is -2.07. The minimum atomic E-state index is -1.76. The van der Waals surface area contributed by atoms with Gasteiger partial charge < -0.3 is 0 Å². The Balaban J connectivity index is 2.56. The van der Waals surface area contributed by atoms with E-state index in [4.69, 9.17) is 0 Å². The molecule has 8 heteroatoms. The molecule has 0 heterocycles. The van der Waals surface area contributed by atoms with E-state index in [1.807, 2.05) is 0 Å². The maximum absolute atomic E-state index is 13.4. The first kappa shape index (κ1) is 14.4. The van der Waals surface area contributed by atoms with Crippen LogP contribution in [0.4, 0.5) is 30.7 Å². The first-order valence-corrected chi connectivity index (χ1v) is 5.26. The summed E-state index contributed by atoms with van der Waals surface area (Å²) in [4.78, 5) is 0. The van der Waals surface area contributed by atoms with E-state index < -0.39 is 58.9 Å². The minimum Gasteiger partial charge on any atom is -0.207 e. The van der Waals surface area contributed by atoms with Crippen molar-refractivity contribution < 1.29 is 30.7 Å². The highest BCUT2D eigenvalue weighted by atomic mass is 19.2. The van der Waals surface area contributed by atoms with Gasteiger partial charge in [0.25, 0.3) is 0 Å². The second kappa shape index (κ2) is 5.18. The van der Waals surface area contributed by atoms with Crippen LogP contribution in [0.2, 0.25) is 0 Å². The fraction of sp³-hybridized carbons (Fsp3) is 0. The molecule has 0 aromatic heterocycles. The first-order chi connectivity index (χ1) is 9.31. The Morgan fingerprint density at radius 3 is 1.45 bits per heavy atom. The van der Waals surface area contributed by atoms with Gasteiger partial charge in [-0.15, -0.1) is 0 Å². The van der Waals surface area contributed by atoms with Crippen molar-refractivity contribution in [2.45, 2.75) is 0 Å². The van der Waals surface area contributed by atoms with E-state index in [1.54, 1.807) is 0 Å². The number of hydrogen-bond donors (Lipinski definition) is 0. The Labute approximate surface area is 109 Å². The highest BCUT2D eigenvalue weighted by molar-refractivity contribution is 6.67. The van der Waals surface area contributed by atoms with Crippen LogP contribution in [-0.2, 0) is 0 Å². The summed E-state index contributed by atoms with van der Waals surface area (Å²) in [6, 6.07) is 0.569. The van der Waals surface area contributed by atoms with Crippen molar-refractivity contribution in [2.24, 2.45) is 0 Å². The topological polar surface area (TPSA) is 0 Å². The molecule has 0 spiro atoms. The molecule has 0 radical (unpaired) electrons. The Morgan fingerprint density at radius 1 is 0.550 bits per heavy atom. The molecule has 20 heavy (non-hydrogen) atoms. The molecule has 0 aliphatic rings. The maximum atomic E-state index is 13.4. The summed E-state index contributed by atoms with van der Waals surface area (Å²) in [5.74, 6) is -10.9. The van der Waals surface area contributed by atoms with E-state index in [0.717, 1.165) is 0 Å². The van der Waals surface area contributed by atoms with Gasteiger partial charge in [-0.25, -0.2) is 30.7 Å². The standard InChI is InChI=1S/C12H4BF7/c14-4-1-5(15)9(6(16)2-4)13-10-11(19)7(17)3-8(18)12(10)20/h1-3,13H. The smallest absolute Gasteiger partial charge is 0.207 e. The largest absolute Gasteiger partial charge is 0.208 e. The molecule has 0 atom stereocenters. The van der Waals surface area contributed by atoms with Gasteiger partial charge in [-0.05, 0) is 10.9 Å². The highest BCUT2D eigenvalue weighted by Gasteiger charge is 2.23. The molecule has 0 bridgehead atoms. The Morgan fingerprint density at radius 2 is 1.00 bits per heavy atom. The Hall–Kier alpha value is -1.99. The fourth-order valence-corrected chi connectivity index (χ4v) is 1.70. The molecule has 2 aromatic carbocycles. The normalized spacial score (nSPS) is 10.8. The zero-order valence-electron chi connectivity index (χ0n) is 9.58. The predicted octanol–water partition coefficient (Wildman–Crippen LogP) is 2.05. The van der Waals surface area contributed by atoms with E-state index in [2.05, 4.69) is 0 Å². The van der Waals surface area contributed by atoms with Crippen molar-refractivity contribution in [1.29, 1.82) is 0 Å². The molecule has 0 amide bonds. The Kier molecular flexibility index (Phi) is 3.74. The molecule has 0 saturated carbocycles. The van der Waals surface area contributed by atoms with Crippen LogP contribution < -0.4 is 10.9 Å². The average Bonchev–Trinajstić information content (AvgIpc) is 2.34. The number of halogens is 7. The summed E-state index contributed by atoms with van der Waals surface area (Å²) in [6.07, 6.45) is 0. The second-order valence-electron chi connectivity index (χ2n) is 3.97. The van der Waals surface area contributed by atoms with Gasteiger partial charge in [0, 0.05) is 18.2 Å². The molecule has 0 N–H and O–H groups in total. The van der Waals surface area contributed by atoms with Crippen molar-refractivity contribution in [1.82, 2.24) is 0 Å². The lowest BCUT2D eigenvalue weighted by Gasteiger charge is -2.08. The number of hydrogen-bond acceptors (Lipinski definition) is 0. The van der Waals surface area contributed by atoms with Crippen LogP contribution in [0.1, 0.15) is 0 Å². The molecule has 0 aliphatic heterocycles. The average molecular weight is 292 g/mol. The third-order valence-corrected chi connectivity index (χ3v) is 2.66. The van der Waals surface area contributed by atoms with Gasteiger partial charge in [0.2, 0.25) is 7.28 Å². The lowest BCUT2D eigenvalue weighted by Crippen LogP contribution is -2.37. The van der Waals surface area contributed by atoms with Gasteiger partial charge in [-0.1, -0.05) is 0 Å². The molecule has 0 fully saturated rings. The monoisotopic (exact) mass is 292 g/mol. The van der Waals surface area contributed by atoms with Gasteiger partial charge in [0.1, 0.15) is 17.5 Å². The third-order valence-electron chi connectivity index (χ3n) is 2.66. The molecule has 0 aliphatic carbocycles. The molecule has 2 aromatic rings. The zero-order valence-corrected chi connectivity index (χ0v) is 9.58. The first-order valence-electron chi connectivity index (χ1n) is 5.26. The van der Waals surface area contributed by atoms with Crippen molar-refractivity contribution in [2.75, 3.05) is 0 Å². The minimum absolute atomic E-state index is 0.0223. The fourth-order valence-electron chi connectivity index (χ4n) is 1.70. The lowest BCUT2D eigenvalue weighted by molar-refractivity contribution is 0.463. The van der Waals surface area contributed by atoms with Gasteiger partial charge >= 0.3 is 0 Å². The summed E-state index contributed by atoms with van der Waals surface area (Å²) >= 11 is 0. The molecular weight excluding hydrogens is 288 g/mol. The van der Waals surface area contributed by atoms with Crippen LogP contribution in [0.3, 0.4) is 0 Å². The molecule has 2 rings (SSSR count). The predicted molar refractivity (Wildman–Crippen MR) is 59.0 cm³/mol. The van der Waals surface area contributed by atoms with Crippen LogP contribution in [0.5, 0.6) is 0 Å². The SMILES string of the molecule is Fc1cc(F)c(Bc2c(F)c(F)cc(F)c2F)c(F)c1. The van der Waals surface area contributed by atoms with Gasteiger partial charge in [-0.3, -0.25) is 0 Å². The van der Waals surface area contributed by atoms with E-state index in [-0.39, 0.29) is 6.07 Å². The van der Waals surface area contributed by atoms with Gasteiger partial charge in [0.15, 0.2) is 23.3 Å². The summed E-state index contributed by atoms with van der Waals surface area (Å²) in [5, 5.41) is 0. The van der Waals surface area contributed by atoms with Crippen LogP contribution in [0.25, 0.3) is 0 Å². The quantitative estimate of drug-likeness (QED) is 0.451. The lowest BCUT2D eigenvalue weighted by atomic mass is 9.63. The molecule has 104 valence electrons. The number of rotatable bonds is 2. The van der Waals surface area contributed by atoms with Crippen LogP contribution in [0, 0.1) is 40.7 Å². The molecule has 0 nitrogen and oxygen atoms in total. The molecular formula is C12H4BF7. The second-order valence-corrected chi connectivity index (χ2v) is 3.97. The van der Waals surface area contributed by atoms with E-state index in [1.165, 1.54) is 0 Å².